The Morgan fingerprint density at radius 2 is 2.31 bits per heavy atom. The number of hydrogen-bond donors (Lipinski definition) is 3. The predicted molar refractivity (Wildman–Crippen MR) is 61.9 cm³/mol. The third-order valence-corrected chi connectivity index (χ3v) is 4.00. The monoisotopic (exact) mass is 226 g/mol. The van der Waals surface area contributed by atoms with E-state index in [1.165, 1.54) is 19.3 Å². The van der Waals surface area contributed by atoms with E-state index in [4.69, 9.17) is 0 Å². The lowest BCUT2D eigenvalue weighted by Gasteiger charge is -2.17. The first-order valence-electron chi connectivity index (χ1n) is 6.36. The minimum atomic E-state index is -0.360. The summed E-state index contributed by atoms with van der Waals surface area (Å²) >= 11 is 0. The Balaban J connectivity index is 1.71. The summed E-state index contributed by atoms with van der Waals surface area (Å²) in [6.45, 7) is 3.60. The van der Waals surface area contributed by atoms with Crippen LogP contribution in [0.2, 0.25) is 0 Å². The summed E-state index contributed by atoms with van der Waals surface area (Å²) in [5, 5.41) is 15.4. The van der Waals surface area contributed by atoms with Crippen LogP contribution in [0, 0.1) is 11.8 Å². The van der Waals surface area contributed by atoms with Gasteiger partial charge in [-0.1, -0.05) is 19.8 Å². The fraction of sp³-hybridized carbons (Fsp3) is 0.917. The van der Waals surface area contributed by atoms with Crippen LogP contribution in [0.15, 0.2) is 0 Å². The quantitative estimate of drug-likeness (QED) is 0.647. The van der Waals surface area contributed by atoms with Crippen molar-refractivity contribution in [2.24, 2.45) is 11.8 Å². The molecule has 4 atom stereocenters. The van der Waals surface area contributed by atoms with Gasteiger partial charge in [-0.15, -0.1) is 0 Å². The summed E-state index contributed by atoms with van der Waals surface area (Å²) in [5.74, 6) is 1.44. The van der Waals surface area contributed by atoms with Gasteiger partial charge >= 0.3 is 0 Å². The summed E-state index contributed by atoms with van der Waals surface area (Å²) in [7, 11) is 0. The second kappa shape index (κ2) is 5.15. The molecule has 16 heavy (non-hydrogen) atoms. The molecule has 1 aliphatic carbocycles. The molecule has 2 fully saturated rings. The highest BCUT2D eigenvalue weighted by atomic mass is 16.3. The van der Waals surface area contributed by atoms with Crippen molar-refractivity contribution < 1.29 is 9.90 Å². The van der Waals surface area contributed by atoms with Gasteiger partial charge in [0.05, 0.1) is 12.1 Å². The SMILES string of the molecule is CC1CCCC1CNC(=O)C1CC(O)CN1. The summed E-state index contributed by atoms with van der Waals surface area (Å²) in [6.07, 6.45) is 4.01. The number of carbonyl (C=O) groups excluding carboxylic acids is 1. The van der Waals surface area contributed by atoms with Gasteiger partial charge in [-0.3, -0.25) is 4.79 Å². The van der Waals surface area contributed by atoms with Crippen LogP contribution in [0.4, 0.5) is 0 Å². The van der Waals surface area contributed by atoms with Gasteiger partial charge in [0.25, 0.3) is 0 Å². The first-order valence-corrected chi connectivity index (χ1v) is 6.36. The Labute approximate surface area is 96.8 Å². The maximum Gasteiger partial charge on any atom is 0.237 e. The lowest BCUT2D eigenvalue weighted by Crippen LogP contribution is -2.42. The normalized spacial score (nSPS) is 38.9. The van der Waals surface area contributed by atoms with Gasteiger partial charge in [-0.2, -0.15) is 0 Å². The van der Waals surface area contributed by atoms with Gasteiger partial charge in [0, 0.05) is 13.1 Å². The van der Waals surface area contributed by atoms with Gasteiger partial charge in [0.1, 0.15) is 0 Å². The highest BCUT2D eigenvalue weighted by molar-refractivity contribution is 5.82. The lowest BCUT2D eigenvalue weighted by molar-refractivity contribution is -0.123. The molecule has 4 heteroatoms. The number of rotatable bonds is 3. The highest BCUT2D eigenvalue weighted by Crippen LogP contribution is 2.30. The van der Waals surface area contributed by atoms with E-state index in [0.29, 0.717) is 18.9 Å². The van der Waals surface area contributed by atoms with Gasteiger partial charge in [0.2, 0.25) is 5.91 Å². The highest BCUT2D eigenvalue weighted by Gasteiger charge is 2.29. The Morgan fingerprint density at radius 1 is 1.50 bits per heavy atom. The largest absolute Gasteiger partial charge is 0.392 e. The van der Waals surface area contributed by atoms with Crippen LogP contribution in [0.1, 0.15) is 32.6 Å². The fourth-order valence-corrected chi connectivity index (χ4v) is 2.80. The van der Waals surface area contributed by atoms with Crippen molar-refractivity contribution in [1.29, 1.82) is 0 Å². The average molecular weight is 226 g/mol. The zero-order valence-corrected chi connectivity index (χ0v) is 9.91. The molecular formula is C12H22N2O2. The number of carbonyl (C=O) groups is 1. The van der Waals surface area contributed by atoms with Gasteiger partial charge in [0.15, 0.2) is 0 Å². The first kappa shape index (κ1) is 11.9. The van der Waals surface area contributed by atoms with E-state index in [2.05, 4.69) is 17.6 Å². The molecule has 1 aliphatic heterocycles. The van der Waals surface area contributed by atoms with Crippen molar-refractivity contribution in [3.8, 4) is 0 Å². The maximum absolute atomic E-state index is 11.8. The molecule has 4 nitrogen and oxygen atoms in total. The zero-order chi connectivity index (χ0) is 11.5. The smallest absolute Gasteiger partial charge is 0.237 e. The molecular weight excluding hydrogens is 204 g/mol. The van der Waals surface area contributed by atoms with Gasteiger partial charge < -0.3 is 15.7 Å². The molecule has 1 amide bonds. The van der Waals surface area contributed by atoms with Crippen LogP contribution in [-0.2, 0) is 4.79 Å². The second-order valence-electron chi connectivity index (χ2n) is 5.26. The summed E-state index contributed by atoms with van der Waals surface area (Å²) in [6, 6.07) is -0.188. The summed E-state index contributed by atoms with van der Waals surface area (Å²) in [4.78, 5) is 11.8. The van der Waals surface area contributed by atoms with E-state index < -0.39 is 0 Å². The van der Waals surface area contributed by atoms with Crippen molar-refractivity contribution in [2.45, 2.75) is 44.8 Å². The Morgan fingerprint density at radius 3 is 2.88 bits per heavy atom. The molecule has 1 saturated heterocycles. The first-order chi connectivity index (χ1) is 7.66. The molecule has 2 rings (SSSR count). The van der Waals surface area contributed by atoms with Gasteiger partial charge in [-0.25, -0.2) is 0 Å². The number of aliphatic hydroxyl groups is 1. The van der Waals surface area contributed by atoms with Crippen molar-refractivity contribution in [3.05, 3.63) is 0 Å². The molecule has 3 N–H and O–H groups in total. The van der Waals surface area contributed by atoms with E-state index >= 15 is 0 Å². The lowest BCUT2D eigenvalue weighted by atomic mass is 9.98. The molecule has 0 aromatic carbocycles. The van der Waals surface area contributed by atoms with Crippen LogP contribution >= 0.6 is 0 Å². The van der Waals surface area contributed by atoms with Crippen LogP contribution < -0.4 is 10.6 Å². The van der Waals surface area contributed by atoms with Crippen LogP contribution in [0.5, 0.6) is 0 Å². The minimum Gasteiger partial charge on any atom is -0.392 e. The standard InChI is InChI=1S/C12H22N2O2/c1-8-3-2-4-9(8)6-14-12(16)11-5-10(15)7-13-11/h8-11,13,15H,2-7H2,1H3,(H,14,16). The molecule has 2 aliphatic rings. The van der Waals surface area contributed by atoms with E-state index in [9.17, 15) is 9.90 Å². The van der Waals surface area contributed by atoms with Crippen molar-refractivity contribution >= 4 is 5.91 Å². The Bertz CT molecular complexity index is 257. The van der Waals surface area contributed by atoms with E-state index in [1.807, 2.05) is 0 Å². The average Bonchev–Trinajstić information content (AvgIpc) is 2.84. The summed E-state index contributed by atoms with van der Waals surface area (Å²) in [5.41, 5.74) is 0. The van der Waals surface area contributed by atoms with Crippen molar-refractivity contribution in [1.82, 2.24) is 10.6 Å². The third-order valence-electron chi connectivity index (χ3n) is 4.00. The van der Waals surface area contributed by atoms with Crippen LogP contribution in [0.3, 0.4) is 0 Å². The topological polar surface area (TPSA) is 61.4 Å². The van der Waals surface area contributed by atoms with E-state index in [1.54, 1.807) is 0 Å². The molecule has 0 radical (unpaired) electrons. The Hall–Kier alpha value is -0.610. The predicted octanol–water partition coefficient (Wildman–Crippen LogP) is 0.262. The molecule has 4 unspecified atom stereocenters. The van der Waals surface area contributed by atoms with E-state index in [-0.39, 0.29) is 18.1 Å². The minimum absolute atomic E-state index is 0.0515. The Kier molecular flexibility index (Phi) is 3.82. The van der Waals surface area contributed by atoms with E-state index in [0.717, 1.165) is 12.5 Å². The fourth-order valence-electron chi connectivity index (χ4n) is 2.80. The molecule has 92 valence electrons. The molecule has 1 heterocycles. The molecule has 0 aromatic heterocycles. The number of hydrogen-bond acceptors (Lipinski definition) is 3. The van der Waals surface area contributed by atoms with Crippen molar-refractivity contribution in [3.63, 3.8) is 0 Å². The number of aliphatic hydroxyl groups excluding tert-OH is 1. The maximum atomic E-state index is 11.8. The molecule has 0 aromatic rings. The molecule has 0 spiro atoms. The third kappa shape index (κ3) is 2.74. The van der Waals surface area contributed by atoms with Gasteiger partial charge in [-0.05, 0) is 24.7 Å². The zero-order valence-electron chi connectivity index (χ0n) is 9.91. The number of amides is 1. The van der Waals surface area contributed by atoms with Crippen molar-refractivity contribution in [2.75, 3.05) is 13.1 Å². The van der Waals surface area contributed by atoms with Crippen LogP contribution in [-0.4, -0.2) is 36.2 Å². The number of nitrogens with one attached hydrogen (secondary N) is 2. The molecule has 1 saturated carbocycles. The molecule has 0 bridgehead atoms. The summed E-state index contributed by atoms with van der Waals surface area (Å²) < 4.78 is 0. The second-order valence-corrected chi connectivity index (χ2v) is 5.26. The van der Waals surface area contributed by atoms with Crippen LogP contribution in [0.25, 0.3) is 0 Å². The number of β-amino-alcohol motifs (C(OH)–C–C–N with tert-alkyl or cyclic N) is 1.